The van der Waals surface area contributed by atoms with Crippen molar-refractivity contribution in [3.05, 3.63) is 0 Å². The van der Waals surface area contributed by atoms with E-state index in [2.05, 4.69) is 19.2 Å². The first-order valence-corrected chi connectivity index (χ1v) is 6.23. The van der Waals surface area contributed by atoms with Crippen LogP contribution in [0.2, 0.25) is 0 Å². The summed E-state index contributed by atoms with van der Waals surface area (Å²) in [6.45, 7) is 7.91. The van der Waals surface area contributed by atoms with Gasteiger partial charge in [0.2, 0.25) is 0 Å². The van der Waals surface area contributed by atoms with E-state index in [4.69, 9.17) is 4.74 Å². The van der Waals surface area contributed by atoms with E-state index >= 15 is 0 Å². The van der Waals surface area contributed by atoms with Crippen molar-refractivity contribution in [1.82, 2.24) is 10.2 Å². The van der Waals surface area contributed by atoms with Crippen molar-refractivity contribution in [3.8, 4) is 0 Å². The third-order valence-electron chi connectivity index (χ3n) is 3.31. The topological polar surface area (TPSA) is 58.6 Å². The molecule has 0 aliphatic carbocycles. The Kier molecular flexibility index (Phi) is 5.25. The molecule has 1 aliphatic heterocycles. The smallest absolute Gasteiger partial charge is 0.325 e. The van der Waals surface area contributed by atoms with Crippen molar-refractivity contribution in [3.63, 3.8) is 0 Å². The Bertz CT molecular complexity index is 281. The molecule has 0 radical (unpaired) electrons. The molecule has 0 aromatic heterocycles. The van der Waals surface area contributed by atoms with Crippen molar-refractivity contribution in [2.24, 2.45) is 11.8 Å². The molecule has 98 valence electrons. The highest BCUT2D eigenvalue weighted by Gasteiger charge is 2.25. The molecule has 2 amide bonds. The van der Waals surface area contributed by atoms with Gasteiger partial charge in [-0.15, -0.1) is 0 Å². The Morgan fingerprint density at radius 2 is 2.06 bits per heavy atom. The Balaban J connectivity index is 2.31. The molecule has 0 aromatic rings. The highest BCUT2D eigenvalue weighted by Crippen LogP contribution is 2.22. The van der Waals surface area contributed by atoms with Crippen LogP contribution in [0.25, 0.3) is 0 Å². The first kappa shape index (κ1) is 13.8. The minimum atomic E-state index is -0.390. The number of esters is 1. The second-order valence-corrected chi connectivity index (χ2v) is 4.65. The lowest BCUT2D eigenvalue weighted by molar-refractivity contribution is -0.141. The fourth-order valence-electron chi connectivity index (χ4n) is 1.92. The van der Waals surface area contributed by atoms with Crippen molar-refractivity contribution < 1.29 is 14.3 Å². The average molecular weight is 242 g/mol. The highest BCUT2D eigenvalue weighted by molar-refractivity contribution is 5.80. The molecule has 0 spiro atoms. The number of piperidine rings is 1. The standard InChI is InChI=1S/C12H22N2O3/c1-4-17-11(15)7-13-12(16)14-6-5-9(2)10(3)8-14/h9-10H,4-8H2,1-3H3,(H,13,16). The van der Waals surface area contributed by atoms with Crippen LogP contribution in [0, 0.1) is 11.8 Å². The molecule has 17 heavy (non-hydrogen) atoms. The minimum Gasteiger partial charge on any atom is -0.465 e. The molecule has 2 unspecified atom stereocenters. The van der Waals surface area contributed by atoms with Crippen LogP contribution in [-0.4, -0.2) is 43.1 Å². The van der Waals surface area contributed by atoms with Gasteiger partial charge >= 0.3 is 12.0 Å². The molecular formula is C12H22N2O3. The van der Waals surface area contributed by atoms with Gasteiger partial charge in [0.05, 0.1) is 6.61 Å². The van der Waals surface area contributed by atoms with Gasteiger partial charge in [-0.25, -0.2) is 4.79 Å². The van der Waals surface area contributed by atoms with Gasteiger partial charge in [0, 0.05) is 13.1 Å². The largest absolute Gasteiger partial charge is 0.465 e. The van der Waals surface area contributed by atoms with E-state index in [0.717, 1.165) is 19.5 Å². The number of nitrogens with one attached hydrogen (secondary N) is 1. The average Bonchev–Trinajstić information content (AvgIpc) is 2.30. The lowest BCUT2D eigenvalue weighted by Crippen LogP contribution is -2.48. The highest BCUT2D eigenvalue weighted by atomic mass is 16.5. The quantitative estimate of drug-likeness (QED) is 0.757. The second kappa shape index (κ2) is 6.47. The number of hydrogen-bond donors (Lipinski definition) is 1. The molecule has 1 rings (SSSR count). The number of hydrogen-bond acceptors (Lipinski definition) is 3. The second-order valence-electron chi connectivity index (χ2n) is 4.65. The van der Waals surface area contributed by atoms with Gasteiger partial charge in [0.15, 0.2) is 0 Å². The molecule has 0 bridgehead atoms. The fourth-order valence-corrected chi connectivity index (χ4v) is 1.92. The van der Waals surface area contributed by atoms with Crippen LogP contribution in [0.15, 0.2) is 0 Å². The molecule has 1 saturated heterocycles. The van der Waals surface area contributed by atoms with Crippen LogP contribution in [-0.2, 0) is 9.53 Å². The van der Waals surface area contributed by atoms with Crippen molar-refractivity contribution >= 4 is 12.0 Å². The van der Waals surface area contributed by atoms with Crippen LogP contribution in [0.4, 0.5) is 4.79 Å². The van der Waals surface area contributed by atoms with Crippen LogP contribution in [0.1, 0.15) is 27.2 Å². The molecule has 0 saturated carbocycles. The van der Waals surface area contributed by atoms with E-state index in [9.17, 15) is 9.59 Å². The van der Waals surface area contributed by atoms with E-state index in [1.165, 1.54) is 0 Å². The first-order valence-electron chi connectivity index (χ1n) is 6.23. The third kappa shape index (κ3) is 4.24. The van der Waals surface area contributed by atoms with Gasteiger partial charge < -0.3 is 15.0 Å². The number of nitrogens with zero attached hydrogens (tertiary/aromatic N) is 1. The molecule has 1 fully saturated rings. The number of rotatable bonds is 3. The molecule has 1 aliphatic rings. The maximum atomic E-state index is 11.8. The summed E-state index contributed by atoms with van der Waals surface area (Å²) in [5.74, 6) is 0.778. The lowest BCUT2D eigenvalue weighted by atomic mass is 9.89. The number of amides is 2. The SMILES string of the molecule is CCOC(=O)CNC(=O)N1CCC(C)C(C)C1. The summed E-state index contributed by atoms with van der Waals surface area (Å²) in [4.78, 5) is 24.6. The van der Waals surface area contributed by atoms with Crippen molar-refractivity contribution in [1.29, 1.82) is 0 Å². The van der Waals surface area contributed by atoms with E-state index < -0.39 is 0 Å². The molecular weight excluding hydrogens is 220 g/mol. The van der Waals surface area contributed by atoms with Gasteiger partial charge in [-0.1, -0.05) is 13.8 Å². The predicted molar refractivity (Wildman–Crippen MR) is 64.5 cm³/mol. The third-order valence-corrected chi connectivity index (χ3v) is 3.31. The van der Waals surface area contributed by atoms with Crippen molar-refractivity contribution in [2.75, 3.05) is 26.2 Å². The Morgan fingerprint density at radius 1 is 1.35 bits per heavy atom. The molecule has 1 N–H and O–H groups in total. The van der Waals surface area contributed by atoms with Gasteiger partial charge in [-0.2, -0.15) is 0 Å². The van der Waals surface area contributed by atoms with E-state index in [-0.39, 0.29) is 18.5 Å². The molecule has 1 heterocycles. The maximum Gasteiger partial charge on any atom is 0.325 e. The van der Waals surface area contributed by atoms with E-state index in [1.807, 2.05) is 0 Å². The summed E-state index contributed by atoms with van der Waals surface area (Å²) < 4.78 is 4.75. The summed E-state index contributed by atoms with van der Waals surface area (Å²) in [5, 5.41) is 2.58. The normalized spacial score (nSPS) is 24.3. The number of carbonyl (C=O) groups excluding carboxylic acids is 2. The first-order chi connectivity index (χ1) is 8.04. The summed E-state index contributed by atoms with van der Waals surface area (Å²) >= 11 is 0. The Labute approximate surface area is 102 Å². The zero-order chi connectivity index (χ0) is 12.8. The van der Waals surface area contributed by atoms with Crippen LogP contribution in [0.3, 0.4) is 0 Å². The summed E-state index contributed by atoms with van der Waals surface area (Å²) in [6.07, 6.45) is 1.02. The van der Waals surface area contributed by atoms with Gasteiger partial charge in [0.1, 0.15) is 6.54 Å². The van der Waals surface area contributed by atoms with Crippen molar-refractivity contribution in [2.45, 2.75) is 27.2 Å². The zero-order valence-electron chi connectivity index (χ0n) is 10.9. The Morgan fingerprint density at radius 3 is 2.65 bits per heavy atom. The van der Waals surface area contributed by atoms with Gasteiger partial charge in [-0.05, 0) is 25.2 Å². The zero-order valence-corrected chi connectivity index (χ0v) is 10.9. The number of ether oxygens (including phenoxy) is 1. The van der Waals surface area contributed by atoms with E-state index in [0.29, 0.717) is 18.4 Å². The van der Waals surface area contributed by atoms with Gasteiger partial charge in [0.25, 0.3) is 0 Å². The number of likely N-dealkylation sites (tertiary alicyclic amines) is 1. The number of urea groups is 1. The summed E-state index contributed by atoms with van der Waals surface area (Å²) in [5.41, 5.74) is 0. The molecule has 0 aromatic carbocycles. The van der Waals surface area contributed by atoms with E-state index in [1.54, 1.807) is 11.8 Å². The van der Waals surface area contributed by atoms with Crippen LogP contribution in [0.5, 0.6) is 0 Å². The summed E-state index contributed by atoms with van der Waals surface area (Å²) in [7, 11) is 0. The predicted octanol–water partition coefficient (Wildman–Crippen LogP) is 1.24. The molecule has 2 atom stereocenters. The molecule has 5 heteroatoms. The van der Waals surface area contributed by atoms with Crippen LogP contribution < -0.4 is 5.32 Å². The minimum absolute atomic E-state index is 0.0485. The summed E-state index contributed by atoms with van der Waals surface area (Å²) in [6, 6.07) is -0.170. The monoisotopic (exact) mass is 242 g/mol. The fraction of sp³-hybridized carbons (Fsp3) is 0.833. The molecule has 5 nitrogen and oxygen atoms in total. The number of carbonyl (C=O) groups is 2. The van der Waals surface area contributed by atoms with Crippen LogP contribution >= 0.6 is 0 Å². The Hall–Kier alpha value is -1.26. The lowest BCUT2D eigenvalue weighted by Gasteiger charge is -2.35. The maximum absolute atomic E-state index is 11.8. The van der Waals surface area contributed by atoms with Gasteiger partial charge in [-0.3, -0.25) is 4.79 Å².